The Morgan fingerprint density at radius 3 is 2.50 bits per heavy atom. The molecule has 0 spiro atoms. The SMILES string of the molecule is CCCCCS(=O)(=O)N(CCC)CCN1C[C@H](c2ccc3c(c2)OCO3)[C@H](C(=O)O)[C@H]1c1ccc(OC)c(F)c1. The van der Waals surface area contributed by atoms with E-state index in [2.05, 4.69) is 0 Å². The van der Waals surface area contributed by atoms with Crippen molar-refractivity contribution in [2.24, 2.45) is 5.92 Å². The highest BCUT2D eigenvalue weighted by Gasteiger charge is 2.48. The summed E-state index contributed by atoms with van der Waals surface area (Å²) < 4.78 is 58.7. The number of rotatable bonds is 14. The summed E-state index contributed by atoms with van der Waals surface area (Å²) in [5.41, 5.74) is 1.28. The number of methoxy groups -OCH3 is 1. The first kappa shape index (κ1) is 30.1. The zero-order valence-electron chi connectivity index (χ0n) is 23.3. The van der Waals surface area contributed by atoms with Crippen molar-refractivity contribution in [1.29, 1.82) is 0 Å². The Labute approximate surface area is 235 Å². The molecule has 0 bridgehead atoms. The minimum Gasteiger partial charge on any atom is -0.494 e. The summed E-state index contributed by atoms with van der Waals surface area (Å²) in [5.74, 6) is -1.63. The van der Waals surface area contributed by atoms with E-state index in [0.717, 1.165) is 18.4 Å². The normalized spacial score (nSPS) is 20.8. The van der Waals surface area contributed by atoms with Crippen LogP contribution >= 0.6 is 0 Å². The van der Waals surface area contributed by atoms with Gasteiger partial charge in [-0.15, -0.1) is 0 Å². The molecule has 3 atom stereocenters. The predicted octanol–water partition coefficient (Wildman–Crippen LogP) is 4.64. The van der Waals surface area contributed by atoms with Crippen LogP contribution in [0.25, 0.3) is 0 Å². The van der Waals surface area contributed by atoms with Crippen molar-refractivity contribution in [2.45, 2.75) is 51.5 Å². The van der Waals surface area contributed by atoms with E-state index in [1.807, 2.05) is 24.8 Å². The maximum Gasteiger partial charge on any atom is 0.309 e. The second-order valence-corrected chi connectivity index (χ2v) is 12.4. The van der Waals surface area contributed by atoms with E-state index < -0.39 is 39.7 Å². The first-order valence-corrected chi connectivity index (χ1v) is 15.5. The van der Waals surface area contributed by atoms with Crippen molar-refractivity contribution in [3.05, 3.63) is 53.3 Å². The van der Waals surface area contributed by atoms with Gasteiger partial charge in [0.05, 0.1) is 18.8 Å². The van der Waals surface area contributed by atoms with Crippen LogP contribution in [0.5, 0.6) is 17.2 Å². The van der Waals surface area contributed by atoms with E-state index in [1.165, 1.54) is 23.5 Å². The lowest BCUT2D eigenvalue weighted by Crippen LogP contribution is -2.40. The third-order valence-electron chi connectivity index (χ3n) is 7.73. The summed E-state index contributed by atoms with van der Waals surface area (Å²) in [4.78, 5) is 14.8. The molecule has 4 rings (SSSR count). The summed E-state index contributed by atoms with van der Waals surface area (Å²) in [7, 11) is -2.09. The van der Waals surface area contributed by atoms with Gasteiger partial charge in [-0.3, -0.25) is 9.69 Å². The lowest BCUT2D eigenvalue weighted by molar-refractivity contribution is -0.143. The topological polar surface area (TPSA) is 106 Å². The third-order valence-corrected chi connectivity index (χ3v) is 9.69. The molecule has 2 aromatic rings. The number of benzene rings is 2. The van der Waals surface area contributed by atoms with E-state index in [4.69, 9.17) is 14.2 Å². The Bertz CT molecular complexity index is 1290. The smallest absolute Gasteiger partial charge is 0.309 e. The number of fused-ring (bicyclic) bond motifs is 1. The van der Waals surface area contributed by atoms with Crippen molar-refractivity contribution in [1.82, 2.24) is 9.21 Å². The second kappa shape index (κ2) is 13.2. The lowest BCUT2D eigenvalue weighted by Gasteiger charge is -2.30. The fraction of sp³-hybridized carbons (Fsp3) is 0.552. The second-order valence-electron chi connectivity index (χ2n) is 10.3. The van der Waals surface area contributed by atoms with Gasteiger partial charge in [-0.05, 0) is 48.2 Å². The number of halogens is 1. The summed E-state index contributed by atoms with van der Waals surface area (Å²) in [6, 6.07) is 9.23. The Morgan fingerprint density at radius 1 is 1.07 bits per heavy atom. The van der Waals surface area contributed by atoms with E-state index in [-0.39, 0.29) is 24.8 Å². The number of nitrogens with zero attached hydrogens (tertiary/aromatic N) is 2. The maximum atomic E-state index is 14.8. The highest BCUT2D eigenvalue weighted by Crippen LogP contribution is 2.48. The Kier molecular flexibility index (Phi) is 9.91. The van der Waals surface area contributed by atoms with Crippen LogP contribution in [-0.4, -0.2) is 74.5 Å². The zero-order chi connectivity index (χ0) is 28.9. The monoisotopic (exact) mass is 578 g/mol. The predicted molar refractivity (Wildman–Crippen MR) is 149 cm³/mol. The number of carbonyl (C=O) groups is 1. The zero-order valence-corrected chi connectivity index (χ0v) is 24.2. The van der Waals surface area contributed by atoms with Crippen LogP contribution in [0.4, 0.5) is 4.39 Å². The average Bonchev–Trinajstić information content (AvgIpc) is 3.55. The number of hydrogen-bond acceptors (Lipinski definition) is 7. The van der Waals surface area contributed by atoms with E-state index in [1.54, 1.807) is 18.2 Å². The van der Waals surface area contributed by atoms with Gasteiger partial charge in [-0.1, -0.05) is 38.8 Å². The molecule has 1 saturated heterocycles. The highest BCUT2D eigenvalue weighted by atomic mass is 32.2. The van der Waals surface area contributed by atoms with Crippen LogP contribution in [-0.2, 0) is 14.8 Å². The average molecular weight is 579 g/mol. The molecule has 0 unspecified atom stereocenters. The molecule has 2 aromatic carbocycles. The number of likely N-dealkylation sites (tertiary alicyclic amines) is 1. The lowest BCUT2D eigenvalue weighted by atomic mass is 9.82. The highest BCUT2D eigenvalue weighted by molar-refractivity contribution is 7.89. The van der Waals surface area contributed by atoms with Crippen molar-refractivity contribution < 1.29 is 36.9 Å². The van der Waals surface area contributed by atoms with Gasteiger partial charge in [0.2, 0.25) is 16.8 Å². The summed E-state index contributed by atoms with van der Waals surface area (Å²) in [6.45, 7) is 5.33. The summed E-state index contributed by atoms with van der Waals surface area (Å²) >= 11 is 0. The third kappa shape index (κ3) is 6.53. The van der Waals surface area contributed by atoms with Gasteiger partial charge < -0.3 is 19.3 Å². The number of carboxylic acids is 1. The van der Waals surface area contributed by atoms with Gasteiger partial charge in [-0.2, -0.15) is 0 Å². The number of ether oxygens (including phenoxy) is 3. The minimum absolute atomic E-state index is 0.0692. The Hall–Kier alpha value is -2.89. The van der Waals surface area contributed by atoms with E-state index >= 15 is 0 Å². The van der Waals surface area contributed by atoms with E-state index in [9.17, 15) is 22.7 Å². The van der Waals surface area contributed by atoms with Crippen molar-refractivity contribution in [3.63, 3.8) is 0 Å². The van der Waals surface area contributed by atoms with Crippen molar-refractivity contribution in [3.8, 4) is 17.2 Å². The molecule has 1 N–H and O–H groups in total. The van der Waals surface area contributed by atoms with Crippen LogP contribution in [0.1, 0.15) is 62.6 Å². The molecule has 0 saturated carbocycles. The standard InChI is InChI=1S/C29H39FN2O7S/c1-4-6-7-15-40(35,36)32(12-5-2)14-13-31-18-22(20-8-11-25-26(17-20)39-19-38-25)27(29(33)34)28(31)21-9-10-24(37-3)23(30)16-21/h8-11,16-17,22,27-28H,4-7,12-15,18-19H2,1-3H3,(H,33,34)/t22-,27+,28-/m1/s1. The number of aliphatic carboxylic acids is 1. The van der Waals surface area contributed by atoms with Crippen LogP contribution < -0.4 is 14.2 Å². The molecule has 9 nitrogen and oxygen atoms in total. The molecular weight excluding hydrogens is 539 g/mol. The molecular formula is C29H39FN2O7S. The molecule has 0 radical (unpaired) electrons. The van der Waals surface area contributed by atoms with Crippen LogP contribution in [0, 0.1) is 11.7 Å². The summed E-state index contributed by atoms with van der Waals surface area (Å²) in [5, 5.41) is 10.5. The first-order valence-electron chi connectivity index (χ1n) is 13.9. The molecule has 0 aromatic heterocycles. The van der Waals surface area contributed by atoms with E-state index in [0.29, 0.717) is 49.5 Å². The molecule has 11 heteroatoms. The Balaban J connectivity index is 1.67. The van der Waals surface area contributed by atoms with Gasteiger partial charge in [0.15, 0.2) is 23.1 Å². The van der Waals surface area contributed by atoms with Crippen LogP contribution in [0.2, 0.25) is 0 Å². The molecule has 220 valence electrons. The fourth-order valence-electron chi connectivity index (χ4n) is 5.75. The van der Waals surface area contributed by atoms with Gasteiger partial charge in [0.1, 0.15) is 0 Å². The number of sulfonamides is 1. The molecule has 2 heterocycles. The fourth-order valence-corrected chi connectivity index (χ4v) is 7.40. The largest absolute Gasteiger partial charge is 0.494 e. The maximum absolute atomic E-state index is 14.8. The number of carboxylic acid groups (broad SMARTS) is 1. The summed E-state index contributed by atoms with van der Waals surface area (Å²) in [6.07, 6.45) is 3.03. The number of unbranched alkanes of at least 4 members (excludes halogenated alkanes) is 2. The molecule has 2 aliphatic rings. The van der Waals surface area contributed by atoms with Gasteiger partial charge >= 0.3 is 5.97 Å². The van der Waals surface area contributed by atoms with Crippen LogP contribution in [0.3, 0.4) is 0 Å². The molecule has 2 aliphatic heterocycles. The minimum atomic E-state index is -3.47. The van der Waals surface area contributed by atoms with Crippen molar-refractivity contribution >= 4 is 16.0 Å². The first-order chi connectivity index (χ1) is 19.2. The quantitative estimate of drug-likeness (QED) is 0.324. The molecule has 40 heavy (non-hydrogen) atoms. The molecule has 0 amide bonds. The molecule has 1 fully saturated rings. The number of hydrogen-bond donors (Lipinski definition) is 1. The van der Waals surface area contributed by atoms with Gasteiger partial charge in [0.25, 0.3) is 0 Å². The molecule has 0 aliphatic carbocycles. The van der Waals surface area contributed by atoms with Gasteiger partial charge in [0, 0.05) is 38.1 Å². The van der Waals surface area contributed by atoms with Crippen molar-refractivity contribution in [2.75, 3.05) is 45.8 Å². The van der Waals surface area contributed by atoms with Gasteiger partial charge in [-0.25, -0.2) is 17.1 Å². The van der Waals surface area contributed by atoms with Crippen LogP contribution in [0.15, 0.2) is 36.4 Å². The Morgan fingerprint density at radius 2 is 1.82 bits per heavy atom.